The highest BCUT2D eigenvalue weighted by Gasteiger charge is 2.36. The van der Waals surface area contributed by atoms with E-state index in [1.54, 1.807) is 4.90 Å². The Bertz CT molecular complexity index is 433. The quantitative estimate of drug-likeness (QED) is 0.829. The van der Waals surface area contributed by atoms with E-state index >= 15 is 0 Å². The first-order valence-corrected chi connectivity index (χ1v) is 8.76. The van der Waals surface area contributed by atoms with Crippen LogP contribution < -0.4 is 10.6 Å². The Balaban J connectivity index is 1.86. The van der Waals surface area contributed by atoms with Crippen LogP contribution in [0.2, 0.25) is 0 Å². The fourth-order valence-electron chi connectivity index (χ4n) is 3.26. The van der Waals surface area contributed by atoms with Crippen LogP contribution in [0.4, 0.5) is 4.79 Å². The molecule has 2 heterocycles. The lowest BCUT2D eigenvalue weighted by Crippen LogP contribution is -2.50. The molecule has 0 radical (unpaired) electrons. The minimum absolute atomic E-state index is 0.0499. The smallest absolute Gasteiger partial charge is 0.410 e. The Kier molecular flexibility index (Phi) is 5.89. The summed E-state index contributed by atoms with van der Waals surface area (Å²) in [6.07, 6.45) is 2.32. The van der Waals surface area contributed by atoms with Gasteiger partial charge in [-0.1, -0.05) is 6.92 Å². The van der Waals surface area contributed by atoms with Gasteiger partial charge < -0.3 is 15.4 Å². The highest BCUT2D eigenvalue weighted by molar-refractivity contribution is 5.86. The Morgan fingerprint density at radius 3 is 2.70 bits per heavy atom. The van der Waals surface area contributed by atoms with E-state index in [0.29, 0.717) is 31.3 Å². The molecule has 0 aromatic heterocycles. The van der Waals surface area contributed by atoms with Gasteiger partial charge in [-0.2, -0.15) is 0 Å². The monoisotopic (exact) mass is 325 g/mol. The molecule has 3 atom stereocenters. The highest BCUT2D eigenvalue weighted by atomic mass is 16.6. The van der Waals surface area contributed by atoms with Crippen molar-refractivity contribution in [2.45, 2.75) is 58.6 Å². The molecule has 6 nitrogen and oxygen atoms in total. The fraction of sp³-hybridized carbons (Fsp3) is 0.882. The Labute approximate surface area is 139 Å². The van der Waals surface area contributed by atoms with E-state index in [4.69, 9.17) is 4.74 Å². The zero-order valence-electron chi connectivity index (χ0n) is 14.9. The number of nitrogens with zero attached hydrogens (tertiary/aromatic N) is 1. The molecule has 23 heavy (non-hydrogen) atoms. The summed E-state index contributed by atoms with van der Waals surface area (Å²) in [5.41, 5.74) is -0.538. The molecule has 2 aliphatic heterocycles. The number of likely N-dealkylation sites (tertiary alicyclic amines) is 1. The van der Waals surface area contributed by atoms with Crippen molar-refractivity contribution < 1.29 is 14.3 Å². The first kappa shape index (κ1) is 18.0. The second kappa shape index (κ2) is 7.51. The third kappa shape index (κ3) is 5.09. The van der Waals surface area contributed by atoms with Gasteiger partial charge in [-0.05, 0) is 65.0 Å². The van der Waals surface area contributed by atoms with Crippen molar-refractivity contribution in [2.24, 2.45) is 11.8 Å². The van der Waals surface area contributed by atoms with Crippen molar-refractivity contribution in [3.8, 4) is 0 Å². The summed E-state index contributed by atoms with van der Waals surface area (Å²) in [6.45, 7) is 11.0. The van der Waals surface area contributed by atoms with Crippen LogP contribution >= 0.6 is 0 Å². The maximum atomic E-state index is 12.5. The van der Waals surface area contributed by atoms with Gasteiger partial charge in [-0.25, -0.2) is 4.79 Å². The van der Waals surface area contributed by atoms with Crippen LogP contribution in [0.3, 0.4) is 0 Å². The predicted molar refractivity (Wildman–Crippen MR) is 89.1 cm³/mol. The number of piperidine rings is 1. The van der Waals surface area contributed by atoms with Crippen molar-refractivity contribution in [1.82, 2.24) is 15.5 Å². The molecule has 0 aromatic carbocycles. The highest BCUT2D eigenvalue weighted by Crippen LogP contribution is 2.22. The topological polar surface area (TPSA) is 70.7 Å². The molecule has 2 saturated heterocycles. The Morgan fingerprint density at radius 1 is 1.30 bits per heavy atom. The number of hydrogen-bond acceptors (Lipinski definition) is 4. The van der Waals surface area contributed by atoms with Crippen LogP contribution in [0.15, 0.2) is 0 Å². The lowest BCUT2D eigenvalue weighted by atomic mass is 9.88. The molecule has 2 amide bonds. The van der Waals surface area contributed by atoms with E-state index in [-0.39, 0.29) is 12.0 Å². The number of carbonyl (C=O) groups is 2. The van der Waals surface area contributed by atoms with Gasteiger partial charge in [-0.15, -0.1) is 0 Å². The minimum atomic E-state index is -0.538. The lowest BCUT2D eigenvalue weighted by Gasteiger charge is -2.31. The predicted octanol–water partition coefficient (Wildman–Crippen LogP) is 1.75. The Hall–Kier alpha value is -1.30. The van der Waals surface area contributed by atoms with Gasteiger partial charge >= 0.3 is 6.09 Å². The number of hydrogen-bond donors (Lipinski definition) is 2. The maximum absolute atomic E-state index is 12.5. The molecular formula is C17H31N3O3. The van der Waals surface area contributed by atoms with Crippen LogP contribution in [0.25, 0.3) is 0 Å². The van der Waals surface area contributed by atoms with E-state index in [9.17, 15) is 9.59 Å². The standard InChI is InChI=1S/C17H31N3O3/c1-12-7-8-18-10-13(12)11-19-15(21)14-6-5-9-20(14)16(22)23-17(2,3)4/h12-14,18H,5-11H2,1-4H3,(H,19,21). The third-order valence-corrected chi connectivity index (χ3v) is 4.71. The number of rotatable bonds is 3. The summed E-state index contributed by atoms with van der Waals surface area (Å²) in [7, 11) is 0. The molecule has 0 saturated carbocycles. The summed E-state index contributed by atoms with van der Waals surface area (Å²) in [5, 5.41) is 6.42. The molecule has 0 spiro atoms. The zero-order valence-corrected chi connectivity index (χ0v) is 14.9. The van der Waals surface area contributed by atoms with Gasteiger partial charge in [0, 0.05) is 13.1 Å². The normalized spacial score (nSPS) is 28.5. The summed E-state index contributed by atoms with van der Waals surface area (Å²) >= 11 is 0. The van der Waals surface area contributed by atoms with E-state index in [1.807, 2.05) is 20.8 Å². The SMILES string of the molecule is CC1CCNCC1CNC(=O)C1CCCN1C(=O)OC(C)(C)C. The van der Waals surface area contributed by atoms with E-state index in [2.05, 4.69) is 17.6 Å². The molecular weight excluding hydrogens is 294 g/mol. The van der Waals surface area contributed by atoms with Crippen LogP contribution in [0, 0.1) is 11.8 Å². The third-order valence-electron chi connectivity index (χ3n) is 4.71. The second-order valence-corrected chi connectivity index (χ2v) is 7.81. The second-order valence-electron chi connectivity index (χ2n) is 7.81. The van der Waals surface area contributed by atoms with Gasteiger partial charge in [0.05, 0.1) is 0 Å². The molecule has 2 rings (SSSR count). The number of ether oxygens (including phenoxy) is 1. The summed E-state index contributed by atoms with van der Waals surface area (Å²) in [6, 6.07) is -0.392. The van der Waals surface area contributed by atoms with Gasteiger partial charge in [0.2, 0.25) is 5.91 Å². The van der Waals surface area contributed by atoms with Crippen molar-refractivity contribution >= 4 is 12.0 Å². The number of amides is 2. The summed E-state index contributed by atoms with van der Waals surface area (Å²) in [5.74, 6) is 1.03. The molecule has 3 unspecified atom stereocenters. The van der Waals surface area contributed by atoms with E-state index in [1.165, 1.54) is 0 Å². The van der Waals surface area contributed by atoms with Gasteiger partial charge in [0.25, 0.3) is 0 Å². The molecule has 2 aliphatic rings. The van der Waals surface area contributed by atoms with Crippen LogP contribution in [-0.4, -0.2) is 54.7 Å². The first-order valence-electron chi connectivity index (χ1n) is 8.76. The van der Waals surface area contributed by atoms with Gasteiger partial charge in [0.15, 0.2) is 0 Å². The van der Waals surface area contributed by atoms with Crippen molar-refractivity contribution in [2.75, 3.05) is 26.2 Å². The molecule has 0 aliphatic carbocycles. The minimum Gasteiger partial charge on any atom is -0.444 e. The molecule has 2 N–H and O–H groups in total. The average Bonchev–Trinajstić information content (AvgIpc) is 2.94. The van der Waals surface area contributed by atoms with Gasteiger partial charge in [-0.3, -0.25) is 9.69 Å². The number of carbonyl (C=O) groups excluding carboxylic acids is 2. The Morgan fingerprint density at radius 2 is 2.04 bits per heavy atom. The van der Waals surface area contributed by atoms with Crippen LogP contribution in [-0.2, 0) is 9.53 Å². The van der Waals surface area contributed by atoms with Gasteiger partial charge in [0.1, 0.15) is 11.6 Å². The van der Waals surface area contributed by atoms with Crippen LogP contribution in [0.1, 0.15) is 47.0 Å². The summed E-state index contributed by atoms with van der Waals surface area (Å²) < 4.78 is 5.41. The molecule has 6 heteroatoms. The molecule has 2 fully saturated rings. The van der Waals surface area contributed by atoms with E-state index < -0.39 is 11.6 Å². The zero-order chi connectivity index (χ0) is 17.0. The summed E-state index contributed by atoms with van der Waals surface area (Å²) in [4.78, 5) is 26.3. The van der Waals surface area contributed by atoms with Crippen molar-refractivity contribution in [3.05, 3.63) is 0 Å². The molecule has 0 aromatic rings. The first-order chi connectivity index (χ1) is 10.8. The maximum Gasteiger partial charge on any atom is 0.410 e. The van der Waals surface area contributed by atoms with Crippen LogP contribution in [0.5, 0.6) is 0 Å². The number of nitrogens with one attached hydrogen (secondary N) is 2. The van der Waals surface area contributed by atoms with Crippen molar-refractivity contribution in [3.63, 3.8) is 0 Å². The molecule has 0 bridgehead atoms. The fourth-order valence-corrected chi connectivity index (χ4v) is 3.26. The largest absolute Gasteiger partial charge is 0.444 e. The van der Waals surface area contributed by atoms with E-state index in [0.717, 1.165) is 25.9 Å². The molecule has 132 valence electrons. The average molecular weight is 325 g/mol. The van der Waals surface area contributed by atoms with Crippen molar-refractivity contribution in [1.29, 1.82) is 0 Å². The lowest BCUT2D eigenvalue weighted by molar-refractivity contribution is -0.125.